The molecule has 0 aliphatic heterocycles. The summed E-state index contributed by atoms with van der Waals surface area (Å²) in [5.41, 5.74) is 0. The first-order chi connectivity index (χ1) is 6.00. The van der Waals surface area contributed by atoms with Crippen LogP contribution < -0.4 is 18.9 Å². The van der Waals surface area contributed by atoms with Crippen LogP contribution in [0, 0.1) is 0 Å². The fraction of sp³-hybridized carbons (Fsp3) is 0. The zero-order valence-electron chi connectivity index (χ0n) is 8.93. The van der Waals surface area contributed by atoms with E-state index < -0.39 is 0 Å². The van der Waals surface area contributed by atoms with E-state index >= 15 is 0 Å². The molecular formula is C12H13Li. The van der Waals surface area contributed by atoms with E-state index in [9.17, 15) is 0 Å². The molecule has 13 heavy (non-hydrogen) atoms. The Balaban J connectivity index is 0. The van der Waals surface area contributed by atoms with Crippen LogP contribution in [0.5, 0.6) is 0 Å². The summed E-state index contributed by atoms with van der Waals surface area (Å²) in [6.07, 6.45) is 0. The second kappa shape index (κ2) is 9.13. The third-order valence-corrected chi connectivity index (χ3v) is 1.33. The molecule has 0 atom stereocenters. The second-order valence-electron chi connectivity index (χ2n) is 2.31. The van der Waals surface area contributed by atoms with Gasteiger partial charge in [0.2, 0.25) is 0 Å². The van der Waals surface area contributed by atoms with E-state index in [1.807, 2.05) is 72.8 Å². The van der Waals surface area contributed by atoms with Crippen molar-refractivity contribution in [3.8, 4) is 0 Å². The van der Waals surface area contributed by atoms with Gasteiger partial charge in [0, 0.05) is 0 Å². The molecule has 0 aliphatic carbocycles. The largest absolute Gasteiger partial charge is 1.00 e. The summed E-state index contributed by atoms with van der Waals surface area (Å²) in [5.74, 6) is 0. The third-order valence-electron chi connectivity index (χ3n) is 1.33. The Bertz CT molecular complexity index is 186. The number of hydrogen-bond donors (Lipinski definition) is 0. The molecule has 0 aliphatic rings. The predicted octanol–water partition coefficient (Wildman–Crippen LogP) is 0.490. The summed E-state index contributed by atoms with van der Waals surface area (Å²) < 4.78 is 0. The Hall–Kier alpha value is -0.963. The first-order valence-electron chi connectivity index (χ1n) is 4.00. The Morgan fingerprint density at radius 2 is 0.385 bits per heavy atom. The van der Waals surface area contributed by atoms with Gasteiger partial charge < -0.3 is 1.43 Å². The maximum absolute atomic E-state index is 2.00. The number of benzene rings is 2. The van der Waals surface area contributed by atoms with Crippen molar-refractivity contribution >= 4 is 0 Å². The Morgan fingerprint density at radius 3 is 0.462 bits per heavy atom. The molecule has 0 N–H and O–H groups in total. The van der Waals surface area contributed by atoms with Crippen LogP contribution in [0.25, 0.3) is 0 Å². The molecule has 0 unspecified atom stereocenters. The van der Waals surface area contributed by atoms with Crippen LogP contribution in [0.3, 0.4) is 0 Å². The fourth-order valence-electron chi connectivity index (χ4n) is 0.770. The molecule has 0 heterocycles. The van der Waals surface area contributed by atoms with Crippen LogP contribution in [0.4, 0.5) is 0 Å². The standard InChI is InChI=1S/2C6H6.Li.H/c2*1-2-4-6-5-3-1;;/h2*1-6H;;/q;;+1;-1. The van der Waals surface area contributed by atoms with Crippen molar-refractivity contribution in [3.05, 3.63) is 72.8 Å². The summed E-state index contributed by atoms with van der Waals surface area (Å²) in [6, 6.07) is 24.0. The first kappa shape index (κ1) is 12.0. The molecule has 2 rings (SSSR count). The zero-order chi connectivity index (χ0) is 8.49. The summed E-state index contributed by atoms with van der Waals surface area (Å²) in [4.78, 5) is 0. The van der Waals surface area contributed by atoms with Crippen molar-refractivity contribution < 1.29 is 20.3 Å². The molecule has 0 fully saturated rings. The van der Waals surface area contributed by atoms with Gasteiger partial charge in [-0.1, -0.05) is 72.8 Å². The minimum absolute atomic E-state index is 0. The van der Waals surface area contributed by atoms with Gasteiger partial charge in [-0.2, -0.15) is 0 Å². The van der Waals surface area contributed by atoms with Crippen molar-refractivity contribution in [1.82, 2.24) is 0 Å². The van der Waals surface area contributed by atoms with E-state index in [1.165, 1.54) is 0 Å². The summed E-state index contributed by atoms with van der Waals surface area (Å²) in [5, 5.41) is 0. The molecule has 1 heteroatoms. The Kier molecular flexibility index (Phi) is 8.45. The molecule has 0 bridgehead atoms. The molecule has 0 saturated heterocycles. The molecule has 0 nitrogen and oxygen atoms in total. The average Bonchev–Trinajstić information content (AvgIpc) is 2.24. The zero-order valence-corrected chi connectivity index (χ0v) is 7.93. The van der Waals surface area contributed by atoms with E-state index in [2.05, 4.69) is 0 Å². The number of hydrogen-bond acceptors (Lipinski definition) is 0. The van der Waals surface area contributed by atoms with Crippen LogP contribution in [-0.4, -0.2) is 0 Å². The van der Waals surface area contributed by atoms with Gasteiger partial charge in [-0.25, -0.2) is 0 Å². The van der Waals surface area contributed by atoms with Crippen molar-refractivity contribution in [3.63, 3.8) is 0 Å². The fourth-order valence-corrected chi connectivity index (χ4v) is 0.770. The SMILES string of the molecule is [H-].[Li+].c1ccccc1.c1ccccc1. The van der Waals surface area contributed by atoms with Crippen LogP contribution in [-0.2, 0) is 0 Å². The molecule has 0 aromatic heterocycles. The third kappa shape index (κ3) is 7.40. The van der Waals surface area contributed by atoms with Gasteiger partial charge in [0.1, 0.15) is 0 Å². The van der Waals surface area contributed by atoms with E-state index in [0.29, 0.717) is 0 Å². The van der Waals surface area contributed by atoms with E-state index in [-0.39, 0.29) is 20.3 Å². The van der Waals surface area contributed by atoms with Crippen LogP contribution >= 0.6 is 0 Å². The Labute approximate surface area is 93.3 Å². The molecule has 0 amide bonds. The average molecular weight is 164 g/mol. The van der Waals surface area contributed by atoms with Crippen LogP contribution in [0.15, 0.2) is 72.8 Å². The number of rotatable bonds is 0. The molecule has 0 spiro atoms. The van der Waals surface area contributed by atoms with Crippen LogP contribution in [0.2, 0.25) is 0 Å². The van der Waals surface area contributed by atoms with Gasteiger partial charge in [-0.15, -0.1) is 0 Å². The smallest absolute Gasteiger partial charge is 1.00 e. The normalized spacial score (nSPS) is 7.38. The van der Waals surface area contributed by atoms with E-state index in [0.717, 1.165) is 0 Å². The van der Waals surface area contributed by atoms with Gasteiger partial charge in [0.05, 0.1) is 0 Å². The maximum Gasteiger partial charge on any atom is 1.00 e. The van der Waals surface area contributed by atoms with E-state index in [1.54, 1.807) is 0 Å². The van der Waals surface area contributed by atoms with Gasteiger partial charge >= 0.3 is 18.9 Å². The molecule has 2 aromatic carbocycles. The van der Waals surface area contributed by atoms with Gasteiger partial charge in [-0.3, -0.25) is 0 Å². The van der Waals surface area contributed by atoms with Gasteiger partial charge in [0.25, 0.3) is 0 Å². The molecule has 2 aromatic rings. The van der Waals surface area contributed by atoms with Crippen molar-refractivity contribution in [1.29, 1.82) is 0 Å². The van der Waals surface area contributed by atoms with Crippen molar-refractivity contribution in [2.45, 2.75) is 0 Å². The molecular weight excluding hydrogens is 151 g/mol. The van der Waals surface area contributed by atoms with E-state index in [4.69, 9.17) is 0 Å². The topological polar surface area (TPSA) is 0 Å². The molecule has 0 saturated carbocycles. The minimum Gasteiger partial charge on any atom is -1.00 e. The van der Waals surface area contributed by atoms with Gasteiger partial charge in [0.15, 0.2) is 0 Å². The van der Waals surface area contributed by atoms with Crippen molar-refractivity contribution in [2.75, 3.05) is 0 Å². The molecule has 62 valence electrons. The minimum atomic E-state index is 0. The maximum atomic E-state index is 2.00. The second-order valence-corrected chi connectivity index (χ2v) is 2.31. The quantitative estimate of drug-likeness (QED) is 0.497. The molecule has 0 radical (unpaired) electrons. The van der Waals surface area contributed by atoms with Crippen molar-refractivity contribution in [2.24, 2.45) is 0 Å². The van der Waals surface area contributed by atoms with Gasteiger partial charge in [-0.05, 0) is 0 Å². The summed E-state index contributed by atoms with van der Waals surface area (Å²) in [6.45, 7) is 0. The predicted molar refractivity (Wildman–Crippen MR) is 54.0 cm³/mol. The summed E-state index contributed by atoms with van der Waals surface area (Å²) in [7, 11) is 0. The Morgan fingerprint density at radius 1 is 0.308 bits per heavy atom. The monoisotopic (exact) mass is 164 g/mol. The van der Waals surface area contributed by atoms with Crippen LogP contribution in [0.1, 0.15) is 1.43 Å². The summed E-state index contributed by atoms with van der Waals surface area (Å²) >= 11 is 0. The first-order valence-corrected chi connectivity index (χ1v) is 4.00.